The van der Waals surface area contributed by atoms with Gasteiger partial charge in [-0.2, -0.15) is 0 Å². The van der Waals surface area contributed by atoms with Crippen molar-refractivity contribution in [1.82, 2.24) is 5.32 Å². The smallest absolute Gasteiger partial charge is 0.220 e. The van der Waals surface area contributed by atoms with Crippen molar-refractivity contribution in [3.8, 4) is 0 Å². The van der Waals surface area contributed by atoms with Gasteiger partial charge >= 0.3 is 0 Å². The molecule has 9 nitrogen and oxygen atoms in total. The summed E-state index contributed by atoms with van der Waals surface area (Å²) in [7, 11) is 0. The number of aliphatic hydroxyl groups is 5. The summed E-state index contributed by atoms with van der Waals surface area (Å²) in [6.45, 7) is 3.82. The molecular weight excluding hydrogens is 1090 g/mol. The average molecular weight is 1240 g/mol. The molecular formula is C79H151NO8. The number of carbonyl (C=O) groups excluding carboxylic acids is 1. The lowest BCUT2D eigenvalue weighted by atomic mass is 9.99. The van der Waals surface area contributed by atoms with E-state index in [2.05, 4.69) is 43.5 Å². The molecule has 6 N–H and O–H groups in total. The first kappa shape index (κ1) is 84.4. The van der Waals surface area contributed by atoms with Crippen molar-refractivity contribution in [1.29, 1.82) is 0 Å². The van der Waals surface area contributed by atoms with E-state index in [4.69, 9.17) is 9.47 Å². The van der Waals surface area contributed by atoms with Crippen molar-refractivity contribution in [3.63, 3.8) is 0 Å². The van der Waals surface area contributed by atoms with Crippen LogP contribution < -0.4 is 5.32 Å². The molecule has 1 aliphatic heterocycles. The van der Waals surface area contributed by atoms with Crippen LogP contribution >= 0.6 is 0 Å². The summed E-state index contributed by atoms with van der Waals surface area (Å²) in [5.74, 6) is -0.182. The van der Waals surface area contributed by atoms with E-state index in [9.17, 15) is 30.3 Å². The third-order valence-corrected chi connectivity index (χ3v) is 18.9. The zero-order valence-corrected chi connectivity index (χ0v) is 58.5. The summed E-state index contributed by atoms with van der Waals surface area (Å²) in [4.78, 5) is 13.1. The minimum absolute atomic E-state index is 0.182. The summed E-state index contributed by atoms with van der Waals surface area (Å²) in [6.07, 6.45) is 85.9. The Bertz CT molecular complexity index is 1490. The van der Waals surface area contributed by atoms with E-state index < -0.39 is 49.5 Å². The molecule has 0 aromatic heterocycles. The highest BCUT2D eigenvalue weighted by Gasteiger charge is 2.44. The van der Waals surface area contributed by atoms with Gasteiger partial charge in [-0.1, -0.05) is 391 Å². The monoisotopic (exact) mass is 1240 g/mol. The largest absolute Gasteiger partial charge is 0.394 e. The first-order chi connectivity index (χ1) is 43.3. The minimum atomic E-state index is -1.58. The molecule has 7 atom stereocenters. The highest BCUT2D eigenvalue weighted by molar-refractivity contribution is 5.76. The highest BCUT2D eigenvalue weighted by atomic mass is 16.7. The van der Waals surface area contributed by atoms with Crippen molar-refractivity contribution in [2.24, 2.45) is 0 Å². The summed E-state index contributed by atoms with van der Waals surface area (Å²) in [6, 6.07) is -0.828. The summed E-state index contributed by atoms with van der Waals surface area (Å²) in [5.41, 5.74) is 0. The van der Waals surface area contributed by atoms with Gasteiger partial charge in [0.25, 0.3) is 0 Å². The van der Waals surface area contributed by atoms with Gasteiger partial charge < -0.3 is 40.3 Å². The lowest BCUT2D eigenvalue weighted by Crippen LogP contribution is -2.60. The molecule has 0 aromatic rings. The van der Waals surface area contributed by atoms with Gasteiger partial charge in [0.2, 0.25) is 5.91 Å². The molecule has 0 spiro atoms. The van der Waals surface area contributed by atoms with Gasteiger partial charge in [-0.05, 0) is 44.9 Å². The van der Waals surface area contributed by atoms with Crippen LogP contribution in [0.1, 0.15) is 406 Å². The number of aliphatic hydroxyl groups excluding tert-OH is 5. The first-order valence-electron chi connectivity index (χ1n) is 39.2. The Kier molecular flexibility index (Phi) is 65.5. The van der Waals surface area contributed by atoms with Crippen LogP contribution in [0.15, 0.2) is 36.5 Å². The number of allylic oxidation sites excluding steroid dienone is 5. The van der Waals surface area contributed by atoms with Crippen molar-refractivity contribution < 1.29 is 39.8 Å². The molecule has 1 rings (SSSR count). The summed E-state index contributed by atoms with van der Waals surface area (Å²) in [5, 5.41) is 54.8. The van der Waals surface area contributed by atoms with Gasteiger partial charge in [-0.15, -0.1) is 0 Å². The fraction of sp³-hybridized carbons (Fsp3) is 0.911. The predicted octanol–water partition coefficient (Wildman–Crippen LogP) is 22.2. The molecule has 88 heavy (non-hydrogen) atoms. The number of hydrogen-bond acceptors (Lipinski definition) is 8. The van der Waals surface area contributed by atoms with Gasteiger partial charge in [0.15, 0.2) is 6.29 Å². The molecule has 1 saturated heterocycles. The van der Waals surface area contributed by atoms with Gasteiger partial charge in [0.05, 0.1) is 25.4 Å². The van der Waals surface area contributed by atoms with Crippen LogP contribution in [0.4, 0.5) is 0 Å². The van der Waals surface area contributed by atoms with Gasteiger partial charge in [-0.25, -0.2) is 0 Å². The summed E-state index contributed by atoms with van der Waals surface area (Å²) < 4.78 is 11.3. The van der Waals surface area contributed by atoms with E-state index in [0.717, 1.165) is 44.9 Å². The molecule has 1 fully saturated rings. The SMILES string of the molecule is CCCCCCCCCCCCCCCCCC/C=C/CC/C=C/CC/C=C/C(O)C(COC1OC(CO)C(O)C(O)C1O)NC(=O)CCCCCCCCCCCCCCCCCCCCCCCCCCCCCCCCCCCCCCCCC. The molecule has 0 saturated carbocycles. The van der Waals surface area contributed by atoms with E-state index in [1.54, 1.807) is 6.08 Å². The van der Waals surface area contributed by atoms with E-state index in [-0.39, 0.29) is 12.5 Å². The molecule has 0 radical (unpaired) electrons. The van der Waals surface area contributed by atoms with Crippen molar-refractivity contribution in [2.45, 2.75) is 448 Å². The standard InChI is InChI=1S/C79H151NO8/c1-3-5-7-9-11-13-15-17-19-21-23-25-27-29-31-32-33-34-35-36-37-38-39-40-41-42-43-45-47-49-51-53-55-57-59-61-63-65-67-69-75(83)80-72(71-87-79-78(86)77(85)76(84)74(70-81)88-79)73(82)68-66-64-62-60-58-56-54-52-50-48-46-44-30-28-26-24-22-20-18-16-14-12-10-8-6-4-2/h50,52,58,60,66,68,72-74,76-79,81-82,84-86H,3-49,51,53-57,59,61-65,67,69-71H2,1-2H3,(H,80,83)/b52-50+,60-58+,68-66+. The molecule has 0 aromatic carbocycles. The van der Waals surface area contributed by atoms with Gasteiger partial charge in [-0.3, -0.25) is 4.79 Å². The van der Waals surface area contributed by atoms with Crippen LogP contribution in [0, 0.1) is 0 Å². The normalized spacial score (nSPS) is 18.0. The Balaban J connectivity index is 2.07. The number of ether oxygens (including phenoxy) is 2. The molecule has 1 aliphatic rings. The second-order valence-corrected chi connectivity index (χ2v) is 27.5. The van der Waals surface area contributed by atoms with E-state index in [0.29, 0.717) is 6.42 Å². The maximum atomic E-state index is 13.1. The Morgan fingerprint density at radius 2 is 0.648 bits per heavy atom. The molecule has 0 bridgehead atoms. The molecule has 9 heteroatoms. The predicted molar refractivity (Wildman–Crippen MR) is 378 cm³/mol. The lowest BCUT2D eigenvalue weighted by molar-refractivity contribution is -0.302. The zero-order chi connectivity index (χ0) is 63.5. The number of rotatable bonds is 70. The molecule has 520 valence electrons. The number of amides is 1. The van der Waals surface area contributed by atoms with Gasteiger partial charge in [0, 0.05) is 6.42 Å². The Hall–Kier alpha value is -1.59. The topological polar surface area (TPSA) is 149 Å². The van der Waals surface area contributed by atoms with Crippen LogP contribution in [0.3, 0.4) is 0 Å². The van der Waals surface area contributed by atoms with Crippen LogP contribution in [-0.4, -0.2) is 87.5 Å². The Labute approximate surface area is 546 Å². The third-order valence-electron chi connectivity index (χ3n) is 18.9. The second-order valence-electron chi connectivity index (χ2n) is 27.5. The van der Waals surface area contributed by atoms with Crippen molar-refractivity contribution in [2.75, 3.05) is 13.2 Å². The third kappa shape index (κ3) is 56.0. The Morgan fingerprint density at radius 3 is 0.955 bits per heavy atom. The van der Waals surface area contributed by atoms with E-state index in [1.165, 1.54) is 340 Å². The molecule has 0 aliphatic carbocycles. The Morgan fingerprint density at radius 1 is 0.375 bits per heavy atom. The van der Waals surface area contributed by atoms with Crippen molar-refractivity contribution >= 4 is 5.91 Å². The average Bonchev–Trinajstić information content (AvgIpc) is 3.28. The van der Waals surface area contributed by atoms with Crippen LogP contribution in [-0.2, 0) is 14.3 Å². The second kappa shape index (κ2) is 68.3. The number of carbonyl (C=O) groups is 1. The van der Waals surface area contributed by atoms with Crippen LogP contribution in [0.5, 0.6) is 0 Å². The fourth-order valence-corrected chi connectivity index (χ4v) is 12.8. The fourth-order valence-electron chi connectivity index (χ4n) is 12.8. The number of unbranched alkanes of at least 4 members (excludes halogenated alkanes) is 56. The van der Waals surface area contributed by atoms with Crippen LogP contribution in [0.25, 0.3) is 0 Å². The summed E-state index contributed by atoms with van der Waals surface area (Å²) >= 11 is 0. The molecule has 1 heterocycles. The van der Waals surface area contributed by atoms with Gasteiger partial charge in [0.1, 0.15) is 24.4 Å². The highest BCUT2D eigenvalue weighted by Crippen LogP contribution is 2.24. The maximum Gasteiger partial charge on any atom is 0.220 e. The molecule has 7 unspecified atom stereocenters. The first-order valence-corrected chi connectivity index (χ1v) is 39.2. The quantitative estimate of drug-likeness (QED) is 0.0261. The zero-order valence-electron chi connectivity index (χ0n) is 58.5. The maximum absolute atomic E-state index is 13.1. The minimum Gasteiger partial charge on any atom is -0.394 e. The van der Waals surface area contributed by atoms with E-state index in [1.807, 2.05) is 6.08 Å². The number of hydrogen-bond donors (Lipinski definition) is 6. The molecule has 1 amide bonds. The number of nitrogens with one attached hydrogen (secondary N) is 1. The van der Waals surface area contributed by atoms with Crippen molar-refractivity contribution in [3.05, 3.63) is 36.5 Å². The van der Waals surface area contributed by atoms with E-state index >= 15 is 0 Å². The lowest BCUT2D eigenvalue weighted by Gasteiger charge is -2.40. The van der Waals surface area contributed by atoms with Crippen LogP contribution in [0.2, 0.25) is 0 Å².